The van der Waals surface area contributed by atoms with Crippen LogP contribution in [0, 0.1) is 11.3 Å². The van der Waals surface area contributed by atoms with Crippen molar-refractivity contribution < 1.29 is 9.53 Å². The molecule has 1 aromatic carbocycles. The van der Waals surface area contributed by atoms with Crippen molar-refractivity contribution in [3.8, 4) is 11.8 Å². The van der Waals surface area contributed by atoms with E-state index in [-0.39, 0.29) is 0 Å². The molecule has 15 heavy (non-hydrogen) atoms. The summed E-state index contributed by atoms with van der Waals surface area (Å²) in [6.45, 7) is 0.481. The highest BCUT2D eigenvalue weighted by atomic mass is 79.9. The fraction of sp³-hybridized carbons (Fsp3) is 0.273. The zero-order chi connectivity index (χ0) is 11.1. The van der Waals surface area contributed by atoms with E-state index in [2.05, 4.69) is 15.9 Å². The van der Waals surface area contributed by atoms with Crippen molar-refractivity contribution in [2.75, 3.05) is 6.61 Å². The first-order valence-electron chi connectivity index (χ1n) is 4.53. The number of aldehydes is 1. The van der Waals surface area contributed by atoms with E-state index in [0.29, 0.717) is 35.2 Å². The Labute approximate surface area is 96.8 Å². The Balaban J connectivity index is 2.61. The lowest BCUT2D eigenvalue weighted by Crippen LogP contribution is -1.98. The molecule has 0 N–H and O–H groups in total. The van der Waals surface area contributed by atoms with Gasteiger partial charge in [0.1, 0.15) is 5.75 Å². The lowest BCUT2D eigenvalue weighted by Gasteiger charge is -2.07. The van der Waals surface area contributed by atoms with Crippen LogP contribution in [0.5, 0.6) is 5.75 Å². The normalized spacial score (nSPS) is 9.33. The topological polar surface area (TPSA) is 50.1 Å². The highest BCUT2D eigenvalue weighted by molar-refractivity contribution is 9.10. The van der Waals surface area contributed by atoms with Crippen molar-refractivity contribution in [3.05, 3.63) is 28.2 Å². The Bertz CT molecular complexity index is 385. The van der Waals surface area contributed by atoms with E-state index in [1.807, 2.05) is 6.07 Å². The lowest BCUT2D eigenvalue weighted by atomic mass is 10.2. The van der Waals surface area contributed by atoms with Gasteiger partial charge < -0.3 is 4.74 Å². The lowest BCUT2D eigenvalue weighted by molar-refractivity contribution is 0.112. The quantitative estimate of drug-likeness (QED) is 0.609. The summed E-state index contributed by atoms with van der Waals surface area (Å²) in [6.07, 6.45) is 1.94. The number of nitrogens with zero attached hydrogens (tertiary/aromatic N) is 1. The van der Waals surface area contributed by atoms with Gasteiger partial charge in [-0.1, -0.05) is 12.1 Å². The first kappa shape index (κ1) is 11.7. The van der Waals surface area contributed by atoms with Crippen molar-refractivity contribution >= 4 is 22.2 Å². The average Bonchev–Trinajstić information content (AvgIpc) is 2.26. The van der Waals surface area contributed by atoms with Crippen molar-refractivity contribution in [2.45, 2.75) is 12.8 Å². The van der Waals surface area contributed by atoms with E-state index in [1.54, 1.807) is 18.2 Å². The molecule has 0 unspecified atom stereocenters. The van der Waals surface area contributed by atoms with Crippen molar-refractivity contribution in [1.82, 2.24) is 0 Å². The van der Waals surface area contributed by atoms with Crippen LogP contribution in [-0.4, -0.2) is 12.9 Å². The molecule has 1 aromatic rings. The molecule has 0 aromatic heterocycles. The second kappa shape index (κ2) is 6.20. The van der Waals surface area contributed by atoms with E-state index in [0.717, 1.165) is 6.29 Å². The predicted molar refractivity (Wildman–Crippen MR) is 59.9 cm³/mol. The molecule has 0 heterocycles. The molecule has 0 aliphatic carbocycles. The molecule has 0 saturated carbocycles. The molecule has 3 nitrogen and oxygen atoms in total. The smallest absolute Gasteiger partial charge is 0.151 e. The number of halogens is 1. The van der Waals surface area contributed by atoms with Gasteiger partial charge in [-0.25, -0.2) is 0 Å². The van der Waals surface area contributed by atoms with Crippen molar-refractivity contribution in [1.29, 1.82) is 5.26 Å². The molecule has 0 fully saturated rings. The van der Waals surface area contributed by atoms with Crippen LogP contribution >= 0.6 is 15.9 Å². The molecule has 0 aliphatic heterocycles. The second-order valence-corrected chi connectivity index (χ2v) is 3.68. The van der Waals surface area contributed by atoms with Crippen LogP contribution in [-0.2, 0) is 0 Å². The van der Waals surface area contributed by atoms with E-state index < -0.39 is 0 Å². The van der Waals surface area contributed by atoms with Gasteiger partial charge >= 0.3 is 0 Å². The molecule has 0 amide bonds. The van der Waals surface area contributed by atoms with Gasteiger partial charge in [0.2, 0.25) is 0 Å². The van der Waals surface area contributed by atoms with Gasteiger partial charge in [0.25, 0.3) is 0 Å². The zero-order valence-corrected chi connectivity index (χ0v) is 9.66. The maximum absolute atomic E-state index is 10.6. The fourth-order valence-corrected chi connectivity index (χ4v) is 1.54. The fourth-order valence-electron chi connectivity index (χ4n) is 1.06. The molecule has 0 radical (unpaired) electrons. The summed E-state index contributed by atoms with van der Waals surface area (Å²) >= 11 is 3.29. The standard InChI is InChI=1S/C11H10BrNO2/c12-11-9(8-14)4-3-5-10(11)15-7-2-1-6-13/h3-5,8H,1-2,7H2. The van der Waals surface area contributed by atoms with Gasteiger partial charge in [0.15, 0.2) is 6.29 Å². The van der Waals surface area contributed by atoms with Gasteiger partial charge in [0.05, 0.1) is 17.1 Å². The van der Waals surface area contributed by atoms with Crippen LogP contribution in [0.2, 0.25) is 0 Å². The minimum Gasteiger partial charge on any atom is -0.492 e. The van der Waals surface area contributed by atoms with E-state index in [9.17, 15) is 4.79 Å². The number of benzene rings is 1. The second-order valence-electron chi connectivity index (χ2n) is 2.89. The van der Waals surface area contributed by atoms with Crippen LogP contribution < -0.4 is 4.74 Å². The van der Waals surface area contributed by atoms with E-state index in [4.69, 9.17) is 10.00 Å². The average molecular weight is 268 g/mol. The highest BCUT2D eigenvalue weighted by Gasteiger charge is 2.05. The zero-order valence-electron chi connectivity index (χ0n) is 8.07. The molecule has 0 atom stereocenters. The van der Waals surface area contributed by atoms with E-state index in [1.165, 1.54) is 0 Å². The maximum Gasteiger partial charge on any atom is 0.151 e. The minimum atomic E-state index is 0.477. The molecule has 0 saturated heterocycles. The van der Waals surface area contributed by atoms with Gasteiger partial charge in [-0.15, -0.1) is 0 Å². The Morgan fingerprint density at radius 2 is 2.33 bits per heavy atom. The summed E-state index contributed by atoms with van der Waals surface area (Å²) < 4.78 is 6.09. The minimum absolute atomic E-state index is 0.477. The number of rotatable bonds is 5. The first-order valence-corrected chi connectivity index (χ1v) is 5.32. The SMILES string of the molecule is N#CCCCOc1cccc(C=O)c1Br. The first-order chi connectivity index (χ1) is 7.29. The number of nitriles is 1. The number of carbonyl (C=O) groups excluding carboxylic acids is 1. The summed E-state index contributed by atoms with van der Waals surface area (Å²) in [5.74, 6) is 0.637. The summed E-state index contributed by atoms with van der Waals surface area (Å²) in [4.78, 5) is 10.6. The Morgan fingerprint density at radius 1 is 1.53 bits per heavy atom. The molecule has 0 aliphatic rings. The number of ether oxygens (including phenoxy) is 1. The van der Waals surface area contributed by atoms with Gasteiger partial charge in [-0.05, 0) is 28.4 Å². The third-order valence-corrected chi connectivity index (χ3v) is 2.66. The summed E-state index contributed by atoms with van der Waals surface area (Å²) in [6, 6.07) is 7.29. The van der Waals surface area contributed by atoms with Crippen molar-refractivity contribution in [2.24, 2.45) is 0 Å². The third-order valence-electron chi connectivity index (χ3n) is 1.81. The largest absolute Gasteiger partial charge is 0.492 e. The number of unbranched alkanes of at least 4 members (excludes halogenated alkanes) is 1. The molecular formula is C11H10BrNO2. The molecule has 78 valence electrons. The number of hydrogen-bond donors (Lipinski definition) is 0. The molecule has 1 rings (SSSR count). The van der Waals surface area contributed by atoms with Gasteiger partial charge in [-0.2, -0.15) is 5.26 Å². The summed E-state index contributed by atoms with van der Waals surface area (Å²) in [7, 11) is 0. The van der Waals surface area contributed by atoms with Crippen molar-refractivity contribution in [3.63, 3.8) is 0 Å². The predicted octanol–water partition coefficient (Wildman–Crippen LogP) is 2.94. The van der Waals surface area contributed by atoms with Crippen LogP contribution in [0.1, 0.15) is 23.2 Å². The number of carbonyl (C=O) groups is 1. The monoisotopic (exact) mass is 267 g/mol. The van der Waals surface area contributed by atoms with Crippen LogP contribution in [0.25, 0.3) is 0 Å². The van der Waals surface area contributed by atoms with Crippen LogP contribution in [0.3, 0.4) is 0 Å². The summed E-state index contributed by atoms with van der Waals surface area (Å²) in [5.41, 5.74) is 0.563. The highest BCUT2D eigenvalue weighted by Crippen LogP contribution is 2.27. The van der Waals surface area contributed by atoms with Crippen LogP contribution in [0.15, 0.2) is 22.7 Å². The Hall–Kier alpha value is -1.34. The van der Waals surface area contributed by atoms with Gasteiger partial charge in [-0.3, -0.25) is 4.79 Å². The maximum atomic E-state index is 10.6. The molecule has 4 heteroatoms. The Morgan fingerprint density at radius 3 is 3.00 bits per heavy atom. The third kappa shape index (κ3) is 3.37. The Kier molecular flexibility index (Phi) is 4.85. The molecule has 0 spiro atoms. The molecular weight excluding hydrogens is 258 g/mol. The summed E-state index contributed by atoms with van der Waals surface area (Å²) in [5, 5.41) is 8.34. The molecule has 0 bridgehead atoms. The number of hydrogen-bond acceptors (Lipinski definition) is 3. The van der Waals surface area contributed by atoms with Gasteiger partial charge in [0, 0.05) is 12.0 Å². The van der Waals surface area contributed by atoms with Crippen LogP contribution in [0.4, 0.5) is 0 Å². The van der Waals surface area contributed by atoms with E-state index >= 15 is 0 Å².